The molecule has 1 spiro atoms. The Bertz CT molecular complexity index is 827. The van der Waals surface area contributed by atoms with Gasteiger partial charge in [0, 0.05) is 18.3 Å². The van der Waals surface area contributed by atoms with Crippen LogP contribution in [0.25, 0.3) is 0 Å². The normalized spacial score (nSPS) is 52.4. The van der Waals surface area contributed by atoms with E-state index in [-0.39, 0.29) is 46.3 Å². The molecule has 4 fully saturated rings. The summed E-state index contributed by atoms with van der Waals surface area (Å²) in [5.74, 6) is 0.190. The van der Waals surface area contributed by atoms with Crippen LogP contribution in [-0.4, -0.2) is 28.6 Å². The Morgan fingerprint density at radius 3 is 2.68 bits per heavy atom. The predicted molar refractivity (Wildman–Crippen MR) is 101 cm³/mol. The van der Waals surface area contributed by atoms with Gasteiger partial charge in [-0.1, -0.05) is 19.4 Å². The lowest BCUT2D eigenvalue weighted by molar-refractivity contribution is -0.188. The summed E-state index contributed by atoms with van der Waals surface area (Å²) in [6.45, 7) is 4.39. The lowest BCUT2D eigenvalue weighted by Crippen LogP contribution is -2.61. The van der Waals surface area contributed by atoms with E-state index >= 15 is 0 Å². The average Bonchev–Trinajstić information content (AvgIpc) is 3.15. The van der Waals surface area contributed by atoms with Crippen LogP contribution < -0.4 is 0 Å². The smallest absolute Gasteiger partial charge is 0.306 e. The number of ether oxygens (including phenoxy) is 1. The Morgan fingerprint density at radius 2 is 2.00 bits per heavy atom. The van der Waals surface area contributed by atoms with Crippen LogP contribution in [0.1, 0.15) is 65.2 Å². The Labute approximate surface area is 166 Å². The number of carbonyl (C=O) groups is 2. The molecule has 5 aliphatic rings. The Morgan fingerprint density at radius 1 is 1.21 bits per heavy atom. The van der Waals surface area contributed by atoms with Gasteiger partial charge in [-0.3, -0.25) is 9.59 Å². The number of esters is 1. The summed E-state index contributed by atoms with van der Waals surface area (Å²) in [6.07, 6.45) is 6.73. The number of hydrogen-bond acceptors (Lipinski definition) is 5. The minimum atomic E-state index is -0.543. The van der Waals surface area contributed by atoms with E-state index in [9.17, 15) is 20.0 Å². The fourth-order valence-corrected chi connectivity index (χ4v) is 8.09. The summed E-state index contributed by atoms with van der Waals surface area (Å²) in [7, 11) is 0. The topological polar surface area (TPSA) is 87.4 Å². The fraction of sp³-hybridized carbons (Fsp3) is 0.783. The zero-order chi connectivity index (χ0) is 19.9. The number of rotatable bonds is 0. The van der Waals surface area contributed by atoms with Gasteiger partial charge in [0.25, 0.3) is 0 Å². The predicted octanol–water partition coefficient (Wildman–Crippen LogP) is 3.31. The molecule has 0 aromatic carbocycles. The van der Waals surface area contributed by atoms with Gasteiger partial charge in [-0.15, -0.1) is 0 Å². The second kappa shape index (κ2) is 5.69. The van der Waals surface area contributed by atoms with Crippen molar-refractivity contribution < 1.29 is 19.4 Å². The molecular weight excluding hydrogens is 354 g/mol. The van der Waals surface area contributed by atoms with Crippen LogP contribution in [0.2, 0.25) is 0 Å². The number of carbonyl (C=O) groups excluding carboxylic acids is 2. The first-order chi connectivity index (χ1) is 13.2. The fourth-order valence-electron chi connectivity index (χ4n) is 8.09. The minimum Gasteiger partial charge on any atom is -0.458 e. The van der Waals surface area contributed by atoms with Crippen LogP contribution >= 0.6 is 0 Å². The van der Waals surface area contributed by atoms with Crippen molar-refractivity contribution in [1.29, 1.82) is 5.26 Å². The van der Waals surface area contributed by atoms with Crippen molar-refractivity contribution in [2.45, 2.75) is 76.9 Å². The van der Waals surface area contributed by atoms with E-state index in [1.807, 2.05) is 0 Å². The molecule has 3 unspecified atom stereocenters. The number of fused-ring (bicyclic) bond motifs is 6. The SMILES string of the molecule is C[C@]12CCC(=O)C=C1C[C@@H](C#N)C1C2[C@H](O)C[C@@]2(C)C1CC[C@@]21CCC(=O)O1. The van der Waals surface area contributed by atoms with Crippen molar-refractivity contribution in [3.8, 4) is 6.07 Å². The van der Waals surface area contributed by atoms with Gasteiger partial charge in [-0.05, 0) is 67.8 Å². The zero-order valence-electron chi connectivity index (χ0n) is 16.7. The first kappa shape index (κ1) is 18.4. The molecule has 3 saturated carbocycles. The van der Waals surface area contributed by atoms with E-state index in [1.54, 1.807) is 6.08 Å². The molecule has 1 N–H and O–H groups in total. The summed E-state index contributed by atoms with van der Waals surface area (Å²) in [4.78, 5) is 24.1. The maximum Gasteiger partial charge on any atom is 0.306 e. The Kier molecular flexibility index (Phi) is 3.73. The van der Waals surface area contributed by atoms with E-state index in [4.69, 9.17) is 4.74 Å². The quantitative estimate of drug-likeness (QED) is 0.649. The van der Waals surface area contributed by atoms with Crippen LogP contribution in [0.3, 0.4) is 0 Å². The van der Waals surface area contributed by atoms with Gasteiger partial charge in [-0.2, -0.15) is 5.26 Å². The van der Waals surface area contributed by atoms with Crippen LogP contribution in [0.4, 0.5) is 0 Å². The number of nitriles is 1. The molecule has 5 heteroatoms. The molecule has 28 heavy (non-hydrogen) atoms. The van der Waals surface area contributed by atoms with Gasteiger partial charge in [0.2, 0.25) is 0 Å². The van der Waals surface area contributed by atoms with Crippen molar-refractivity contribution >= 4 is 11.8 Å². The lowest BCUT2D eigenvalue weighted by atomic mass is 9.43. The summed E-state index contributed by atoms with van der Waals surface area (Å²) in [5.41, 5.74) is 0.102. The molecule has 0 aromatic rings. The largest absolute Gasteiger partial charge is 0.458 e. The zero-order valence-corrected chi connectivity index (χ0v) is 16.7. The Hall–Kier alpha value is -1.67. The van der Waals surface area contributed by atoms with Crippen LogP contribution in [0.15, 0.2) is 11.6 Å². The second-order valence-electron chi connectivity index (χ2n) is 10.4. The first-order valence-electron chi connectivity index (χ1n) is 10.8. The highest BCUT2D eigenvalue weighted by atomic mass is 16.6. The van der Waals surface area contributed by atoms with Gasteiger partial charge in [0.05, 0.1) is 18.1 Å². The van der Waals surface area contributed by atoms with Gasteiger partial charge in [-0.25, -0.2) is 0 Å². The van der Waals surface area contributed by atoms with E-state index in [0.29, 0.717) is 25.7 Å². The van der Waals surface area contributed by atoms with Gasteiger partial charge in [0.1, 0.15) is 5.60 Å². The standard InChI is InChI=1S/C23H29NO4/c1-21-6-3-15(25)10-14(21)9-13(12-24)19-16-4-7-23(8-5-18(27)28-23)22(16,2)11-17(26)20(19)21/h10,13,16-17,19-20,26H,3-9,11H2,1-2H3/t13-,16?,17+,19?,20?,21-,22-,23+/m0/s1. The number of hydrogen-bond donors (Lipinski definition) is 1. The third-order valence-corrected chi connectivity index (χ3v) is 9.45. The molecule has 1 saturated heterocycles. The molecule has 1 heterocycles. The second-order valence-corrected chi connectivity index (χ2v) is 10.4. The molecule has 0 bridgehead atoms. The third-order valence-electron chi connectivity index (χ3n) is 9.45. The van der Waals surface area contributed by atoms with E-state index in [0.717, 1.165) is 31.3 Å². The molecule has 8 atom stereocenters. The average molecular weight is 383 g/mol. The molecule has 0 radical (unpaired) electrons. The molecule has 0 amide bonds. The van der Waals surface area contributed by atoms with Gasteiger partial charge in [0.15, 0.2) is 5.78 Å². The highest BCUT2D eigenvalue weighted by molar-refractivity contribution is 5.91. The lowest BCUT2D eigenvalue weighted by Gasteiger charge is -2.61. The first-order valence-corrected chi connectivity index (χ1v) is 10.8. The minimum absolute atomic E-state index is 0.00409. The molecular formula is C23H29NO4. The molecule has 4 aliphatic carbocycles. The summed E-state index contributed by atoms with van der Waals surface area (Å²) < 4.78 is 5.94. The van der Waals surface area contributed by atoms with E-state index < -0.39 is 11.7 Å². The van der Waals surface area contributed by atoms with Crippen molar-refractivity contribution in [3.05, 3.63) is 11.6 Å². The molecule has 5 rings (SSSR count). The van der Waals surface area contributed by atoms with E-state index in [2.05, 4.69) is 19.9 Å². The third kappa shape index (κ3) is 2.10. The number of nitrogens with zero attached hydrogens (tertiary/aromatic N) is 1. The van der Waals surface area contributed by atoms with Crippen molar-refractivity contribution in [1.82, 2.24) is 0 Å². The number of aliphatic hydroxyl groups is 1. The van der Waals surface area contributed by atoms with Gasteiger partial charge < -0.3 is 9.84 Å². The monoisotopic (exact) mass is 383 g/mol. The molecule has 0 aromatic heterocycles. The highest BCUT2D eigenvalue weighted by Gasteiger charge is 2.70. The summed E-state index contributed by atoms with van der Waals surface area (Å²) >= 11 is 0. The van der Waals surface area contributed by atoms with Crippen LogP contribution in [0, 0.1) is 45.8 Å². The molecule has 5 nitrogen and oxygen atoms in total. The summed E-state index contributed by atoms with van der Waals surface area (Å²) in [5, 5.41) is 21.5. The highest BCUT2D eigenvalue weighted by Crippen LogP contribution is 2.70. The van der Waals surface area contributed by atoms with Crippen molar-refractivity contribution in [2.24, 2.45) is 34.5 Å². The number of allylic oxidation sites excluding steroid dienone is 1. The van der Waals surface area contributed by atoms with Crippen molar-refractivity contribution in [3.63, 3.8) is 0 Å². The van der Waals surface area contributed by atoms with Crippen molar-refractivity contribution in [2.75, 3.05) is 0 Å². The Balaban J connectivity index is 1.60. The van der Waals surface area contributed by atoms with E-state index in [1.165, 1.54) is 0 Å². The molecule has 150 valence electrons. The number of ketones is 1. The van der Waals surface area contributed by atoms with Crippen LogP contribution in [0.5, 0.6) is 0 Å². The molecule has 1 aliphatic heterocycles. The maximum absolute atomic E-state index is 12.1. The summed E-state index contributed by atoms with van der Waals surface area (Å²) in [6, 6.07) is 2.54. The van der Waals surface area contributed by atoms with Gasteiger partial charge >= 0.3 is 5.97 Å². The number of aliphatic hydroxyl groups excluding tert-OH is 1. The van der Waals surface area contributed by atoms with Crippen LogP contribution in [-0.2, 0) is 14.3 Å². The maximum atomic E-state index is 12.1.